The fourth-order valence-corrected chi connectivity index (χ4v) is 4.02. The van der Waals surface area contributed by atoms with Gasteiger partial charge < -0.3 is 14.4 Å². The van der Waals surface area contributed by atoms with Crippen LogP contribution < -0.4 is 4.74 Å². The van der Waals surface area contributed by atoms with Gasteiger partial charge in [-0.15, -0.1) is 0 Å². The summed E-state index contributed by atoms with van der Waals surface area (Å²) in [6.07, 6.45) is 8.43. The molecule has 0 unspecified atom stereocenters. The highest BCUT2D eigenvalue weighted by Crippen LogP contribution is 2.24. The molecule has 1 aliphatic rings. The lowest BCUT2D eigenvalue weighted by molar-refractivity contribution is -0.0498. The number of hydrogen-bond donors (Lipinski definition) is 0. The molecule has 0 radical (unpaired) electrons. The van der Waals surface area contributed by atoms with E-state index in [1.54, 1.807) is 47.9 Å². The van der Waals surface area contributed by atoms with E-state index in [1.165, 1.54) is 6.07 Å². The van der Waals surface area contributed by atoms with Crippen molar-refractivity contribution in [2.24, 2.45) is 5.92 Å². The molecule has 1 saturated heterocycles. The van der Waals surface area contributed by atoms with Crippen molar-refractivity contribution < 1.29 is 23.0 Å². The first-order valence-corrected chi connectivity index (χ1v) is 11.8. The summed E-state index contributed by atoms with van der Waals surface area (Å²) in [6.45, 7) is 4.00. The van der Waals surface area contributed by atoms with Crippen molar-refractivity contribution in [1.29, 1.82) is 0 Å². The number of halogens is 2. The highest BCUT2D eigenvalue weighted by Gasteiger charge is 2.30. The Kier molecular flexibility index (Phi) is 7.71. The Labute approximate surface area is 208 Å². The minimum Gasteiger partial charge on any atom is -0.444 e. The molecule has 1 aliphatic heterocycles. The van der Waals surface area contributed by atoms with Crippen molar-refractivity contribution in [1.82, 2.24) is 24.8 Å². The largest absolute Gasteiger partial charge is 0.444 e. The molecule has 3 heterocycles. The fourth-order valence-electron chi connectivity index (χ4n) is 4.02. The van der Waals surface area contributed by atoms with Crippen LogP contribution in [0.4, 0.5) is 13.6 Å². The van der Waals surface area contributed by atoms with E-state index in [2.05, 4.69) is 19.7 Å². The Bertz CT molecular complexity index is 1180. The Morgan fingerprint density at radius 2 is 1.94 bits per heavy atom. The number of likely N-dealkylation sites (tertiary alicyclic amines) is 1. The van der Waals surface area contributed by atoms with E-state index in [0.717, 1.165) is 23.2 Å². The number of benzene rings is 1. The van der Waals surface area contributed by atoms with Crippen molar-refractivity contribution in [3.8, 4) is 17.0 Å². The van der Waals surface area contributed by atoms with Gasteiger partial charge in [0, 0.05) is 43.7 Å². The minimum atomic E-state index is -2.87. The summed E-state index contributed by atoms with van der Waals surface area (Å²) in [6, 6.07) is 6.48. The second-order valence-electron chi connectivity index (χ2n) is 9.77. The van der Waals surface area contributed by atoms with E-state index < -0.39 is 12.2 Å². The fraction of sp³-hybridized carbons (Fsp3) is 0.423. The van der Waals surface area contributed by atoms with Gasteiger partial charge in [-0.05, 0) is 57.2 Å². The zero-order valence-electron chi connectivity index (χ0n) is 20.5. The molecule has 0 aliphatic carbocycles. The maximum absolute atomic E-state index is 12.5. The third-order valence-electron chi connectivity index (χ3n) is 5.61. The molecule has 0 bridgehead atoms. The van der Waals surface area contributed by atoms with Gasteiger partial charge in [0.1, 0.15) is 17.2 Å². The first-order chi connectivity index (χ1) is 17.1. The average molecular weight is 498 g/mol. The normalized spacial score (nSPS) is 15.8. The highest BCUT2D eigenvalue weighted by molar-refractivity contribution is 5.68. The van der Waals surface area contributed by atoms with Gasteiger partial charge in [0.25, 0.3) is 0 Å². The van der Waals surface area contributed by atoms with Crippen LogP contribution in [0.2, 0.25) is 0 Å². The number of hydrogen-bond acceptors (Lipinski definition) is 7. The van der Waals surface area contributed by atoms with E-state index in [0.29, 0.717) is 37.4 Å². The quantitative estimate of drug-likeness (QED) is 0.457. The summed E-state index contributed by atoms with van der Waals surface area (Å²) in [7, 11) is 0. The molecule has 2 aromatic heterocycles. The summed E-state index contributed by atoms with van der Waals surface area (Å²) in [5.41, 5.74) is 2.47. The first kappa shape index (κ1) is 25.4. The van der Waals surface area contributed by atoms with Crippen molar-refractivity contribution >= 4 is 6.09 Å². The van der Waals surface area contributed by atoms with E-state index in [9.17, 15) is 13.6 Å². The van der Waals surface area contributed by atoms with E-state index in [1.807, 2.05) is 20.8 Å². The average Bonchev–Trinajstić information content (AvgIpc) is 3.27. The lowest BCUT2D eigenvalue weighted by atomic mass is 10.0. The second-order valence-corrected chi connectivity index (χ2v) is 9.77. The second kappa shape index (κ2) is 10.9. The van der Waals surface area contributed by atoms with Crippen LogP contribution in [-0.2, 0) is 17.6 Å². The molecule has 8 nitrogen and oxygen atoms in total. The third kappa shape index (κ3) is 7.16. The van der Waals surface area contributed by atoms with Gasteiger partial charge in [0.2, 0.25) is 0 Å². The third-order valence-corrected chi connectivity index (χ3v) is 5.61. The minimum absolute atomic E-state index is 0.0997. The van der Waals surface area contributed by atoms with Crippen LogP contribution in [0.1, 0.15) is 44.3 Å². The van der Waals surface area contributed by atoms with Gasteiger partial charge in [-0.2, -0.15) is 8.78 Å². The number of carbonyl (C=O) groups excluding carboxylic acids is 1. The van der Waals surface area contributed by atoms with Crippen molar-refractivity contribution in [2.45, 2.75) is 52.2 Å². The van der Waals surface area contributed by atoms with Crippen LogP contribution >= 0.6 is 0 Å². The smallest absolute Gasteiger partial charge is 0.410 e. The van der Waals surface area contributed by atoms with Crippen LogP contribution in [0.5, 0.6) is 5.75 Å². The molecular formula is C26H29F2N5O3. The molecule has 0 N–H and O–H groups in total. The molecule has 190 valence electrons. The van der Waals surface area contributed by atoms with Crippen molar-refractivity contribution in [3.05, 3.63) is 66.1 Å². The molecule has 10 heteroatoms. The summed E-state index contributed by atoms with van der Waals surface area (Å²) >= 11 is 0. The number of carbonyl (C=O) groups is 1. The standard InChI is InChI=1S/C26H29F2N5O3/c1-26(2,3)36-25(34)33-8-7-18(16-33)9-20-14-29-15-22(32-20)19-12-30-23(31-13-19)11-17-5-4-6-21(10-17)35-24(27)28/h4-6,10,12-15,18,24H,7-9,11,16H2,1-3H3/t18-/m1/s1. The molecule has 36 heavy (non-hydrogen) atoms. The lowest BCUT2D eigenvalue weighted by Crippen LogP contribution is -2.35. The van der Waals surface area contributed by atoms with Crippen molar-refractivity contribution in [2.75, 3.05) is 13.1 Å². The monoisotopic (exact) mass is 497 g/mol. The number of rotatable bonds is 7. The van der Waals surface area contributed by atoms with Crippen molar-refractivity contribution in [3.63, 3.8) is 0 Å². The maximum atomic E-state index is 12.5. The molecule has 0 saturated carbocycles. The van der Waals surface area contributed by atoms with Crippen LogP contribution in [0.3, 0.4) is 0 Å². The molecular weight excluding hydrogens is 468 g/mol. The Balaban J connectivity index is 1.36. The molecule has 3 aromatic rings. The SMILES string of the molecule is CC(C)(C)OC(=O)N1CC[C@H](Cc2cncc(-c3cnc(Cc4cccc(OC(F)F)c4)nc3)n2)C1. The molecule has 1 aromatic carbocycles. The topological polar surface area (TPSA) is 90.3 Å². The molecule has 1 fully saturated rings. The van der Waals surface area contributed by atoms with E-state index in [4.69, 9.17) is 9.72 Å². The van der Waals surface area contributed by atoms with Crippen LogP contribution in [-0.4, -0.2) is 56.2 Å². The Morgan fingerprint density at radius 3 is 2.67 bits per heavy atom. The molecule has 1 amide bonds. The summed E-state index contributed by atoms with van der Waals surface area (Å²) in [5, 5.41) is 0. The van der Waals surface area contributed by atoms with Gasteiger partial charge in [-0.25, -0.2) is 19.7 Å². The summed E-state index contributed by atoms with van der Waals surface area (Å²) < 4.78 is 34.8. The number of ether oxygens (including phenoxy) is 2. The van der Waals surface area contributed by atoms with E-state index in [-0.39, 0.29) is 17.8 Å². The highest BCUT2D eigenvalue weighted by atomic mass is 19.3. The predicted octanol–water partition coefficient (Wildman–Crippen LogP) is 4.93. The van der Waals surface area contributed by atoms with Gasteiger partial charge in [0.05, 0.1) is 17.6 Å². The van der Waals surface area contributed by atoms with Crippen LogP contribution in [0.25, 0.3) is 11.3 Å². The molecule has 0 spiro atoms. The van der Waals surface area contributed by atoms with E-state index >= 15 is 0 Å². The van der Waals surface area contributed by atoms with Gasteiger partial charge in [-0.1, -0.05) is 12.1 Å². The Morgan fingerprint density at radius 1 is 1.17 bits per heavy atom. The molecule has 4 rings (SSSR count). The molecule has 1 atom stereocenters. The van der Waals surface area contributed by atoms with Crippen LogP contribution in [0, 0.1) is 5.92 Å². The summed E-state index contributed by atoms with van der Waals surface area (Å²) in [4.78, 5) is 31.9. The zero-order valence-corrected chi connectivity index (χ0v) is 20.5. The predicted molar refractivity (Wildman–Crippen MR) is 129 cm³/mol. The zero-order chi connectivity index (χ0) is 25.7. The summed E-state index contributed by atoms with van der Waals surface area (Å²) in [5.74, 6) is 0.929. The van der Waals surface area contributed by atoms with Crippen LogP contribution in [0.15, 0.2) is 49.1 Å². The Hall–Kier alpha value is -3.69. The lowest BCUT2D eigenvalue weighted by Gasteiger charge is -2.24. The number of aromatic nitrogens is 4. The van der Waals surface area contributed by atoms with Gasteiger partial charge in [0.15, 0.2) is 0 Å². The van der Waals surface area contributed by atoms with Gasteiger partial charge >= 0.3 is 12.7 Å². The number of alkyl halides is 2. The first-order valence-electron chi connectivity index (χ1n) is 11.8. The maximum Gasteiger partial charge on any atom is 0.410 e. The number of amides is 1. The van der Waals surface area contributed by atoms with Gasteiger partial charge in [-0.3, -0.25) is 4.98 Å². The number of nitrogens with zero attached hydrogens (tertiary/aromatic N) is 5.